The summed E-state index contributed by atoms with van der Waals surface area (Å²) in [6, 6.07) is 9.30. The predicted octanol–water partition coefficient (Wildman–Crippen LogP) is 4.37. The first-order valence-electron chi connectivity index (χ1n) is 5.76. The summed E-state index contributed by atoms with van der Waals surface area (Å²) in [5, 5.41) is 3.25. The Kier molecular flexibility index (Phi) is 3.79. The van der Waals surface area contributed by atoms with Crippen LogP contribution in [0.4, 0.5) is 10.1 Å². The number of halogens is 1. The number of hydrogen-bond donors (Lipinski definition) is 1. The summed E-state index contributed by atoms with van der Waals surface area (Å²) in [4.78, 5) is 2.67. The molecule has 2 aromatic rings. The van der Waals surface area contributed by atoms with Gasteiger partial charge in [-0.25, -0.2) is 4.39 Å². The topological polar surface area (TPSA) is 12.0 Å². The number of nitrogens with one attached hydrogen (secondary N) is 1. The van der Waals surface area contributed by atoms with E-state index in [0.29, 0.717) is 0 Å². The van der Waals surface area contributed by atoms with Crippen LogP contribution in [-0.4, -0.2) is 0 Å². The Bertz CT molecular complexity index is 484. The molecule has 1 aromatic carbocycles. The van der Waals surface area contributed by atoms with Crippen molar-refractivity contribution in [1.29, 1.82) is 0 Å². The van der Waals surface area contributed by atoms with Crippen molar-refractivity contribution in [2.75, 3.05) is 5.32 Å². The molecule has 0 fully saturated rings. The van der Waals surface area contributed by atoms with Gasteiger partial charge >= 0.3 is 0 Å². The van der Waals surface area contributed by atoms with E-state index in [9.17, 15) is 4.39 Å². The number of hydrogen-bond acceptors (Lipinski definition) is 2. The zero-order valence-corrected chi connectivity index (χ0v) is 10.9. The molecular weight excluding hydrogens is 233 g/mol. The third kappa shape index (κ3) is 3.30. The minimum atomic E-state index is -0.187. The van der Waals surface area contributed by atoms with Gasteiger partial charge in [0, 0.05) is 22.0 Å². The quantitative estimate of drug-likeness (QED) is 0.848. The SMILES string of the molecule is CCc1ccc(CNc2cc(C)cc(F)c2)s1. The molecule has 17 heavy (non-hydrogen) atoms. The van der Waals surface area contributed by atoms with Crippen molar-refractivity contribution in [2.45, 2.75) is 26.8 Å². The average Bonchev–Trinajstić information content (AvgIpc) is 2.73. The lowest BCUT2D eigenvalue weighted by Gasteiger charge is -2.06. The van der Waals surface area contributed by atoms with E-state index in [1.54, 1.807) is 11.3 Å². The third-order valence-electron chi connectivity index (χ3n) is 2.57. The summed E-state index contributed by atoms with van der Waals surface area (Å²) >= 11 is 1.80. The molecule has 0 saturated carbocycles. The number of benzene rings is 1. The molecule has 2 rings (SSSR count). The van der Waals surface area contributed by atoms with Crippen LogP contribution in [0.3, 0.4) is 0 Å². The van der Waals surface area contributed by atoms with Gasteiger partial charge in [0.25, 0.3) is 0 Å². The fraction of sp³-hybridized carbons (Fsp3) is 0.286. The van der Waals surface area contributed by atoms with Gasteiger partial charge < -0.3 is 5.32 Å². The van der Waals surface area contributed by atoms with E-state index in [1.807, 2.05) is 13.0 Å². The Morgan fingerprint density at radius 3 is 2.59 bits per heavy atom. The summed E-state index contributed by atoms with van der Waals surface area (Å²) in [5.74, 6) is -0.187. The van der Waals surface area contributed by atoms with E-state index in [0.717, 1.165) is 24.2 Å². The molecule has 1 N–H and O–H groups in total. The number of aryl methyl sites for hydroxylation is 2. The Morgan fingerprint density at radius 1 is 1.18 bits per heavy atom. The van der Waals surface area contributed by atoms with Crippen molar-refractivity contribution in [3.63, 3.8) is 0 Å². The fourth-order valence-corrected chi connectivity index (χ4v) is 2.63. The standard InChI is InChI=1S/C14H16FNS/c1-3-13-4-5-14(17-13)9-16-12-7-10(2)6-11(15)8-12/h4-8,16H,3,9H2,1-2H3. The van der Waals surface area contributed by atoms with Crippen LogP contribution >= 0.6 is 11.3 Å². The first-order valence-corrected chi connectivity index (χ1v) is 6.57. The van der Waals surface area contributed by atoms with Crippen LogP contribution in [0.25, 0.3) is 0 Å². The maximum Gasteiger partial charge on any atom is 0.125 e. The van der Waals surface area contributed by atoms with Gasteiger partial charge in [-0.2, -0.15) is 0 Å². The number of anilines is 1. The minimum absolute atomic E-state index is 0.187. The lowest BCUT2D eigenvalue weighted by molar-refractivity contribution is 0.627. The summed E-state index contributed by atoms with van der Waals surface area (Å²) in [5.41, 5.74) is 1.78. The highest BCUT2D eigenvalue weighted by atomic mass is 32.1. The first-order chi connectivity index (χ1) is 8.17. The van der Waals surface area contributed by atoms with Gasteiger partial charge in [-0.05, 0) is 49.2 Å². The average molecular weight is 249 g/mol. The Balaban J connectivity index is 2.01. The van der Waals surface area contributed by atoms with Crippen molar-refractivity contribution in [3.8, 4) is 0 Å². The molecule has 1 heterocycles. The Hall–Kier alpha value is -1.35. The van der Waals surface area contributed by atoms with Gasteiger partial charge in [0.2, 0.25) is 0 Å². The van der Waals surface area contributed by atoms with Gasteiger partial charge in [-0.15, -0.1) is 11.3 Å². The van der Waals surface area contributed by atoms with Crippen LogP contribution in [0.1, 0.15) is 22.2 Å². The van der Waals surface area contributed by atoms with Crippen LogP contribution in [0.5, 0.6) is 0 Å². The van der Waals surface area contributed by atoms with Crippen molar-refractivity contribution < 1.29 is 4.39 Å². The molecule has 0 aliphatic carbocycles. The summed E-state index contributed by atoms with van der Waals surface area (Å²) in [6.07, 6.45) is 1.07. The lowest BCUT2D eigenvalue weighted by Crippen LogP contribution is -1.98. The monoisotopic (exact) mass is 249 g/mol. The molecule has 0 unspecified atom stereocenters. The molecule has 0 radical (unpaired) electrons. The van der Waals surface area contributed by atoms with Gasteiger partial charge in [0.1, 0.15) is 5.82 Å². The van der Waals surface area contributed by atoms with Crippen LogP contribution < -0.4 is 5.32 Å². The predicted molar refractivity (Wildman–Crippen MR) is 72.2 cm³/mol. The van der Waals surface area contributed by atoms with Crippen LogP contribution in [-0.2, 0) is 13.0 Å². The highest BCUT2D eigenvalue weighted by Crippen LogP contribution is 2.19. The van der Waals surface area contributed by atoms with E-state index < -0.39 is 0 Å². The summed E-state index contributed by atoms with van der Waals surface area (Å²) in [6.45, 7) is 4.81. The molecule has 3 heteroatoms. The second kappa shape index (κ2) is 5.32. The van der Waals surface area contributed by atoms with Crippen molar-refractivity contribution in [1.82, 2.24) is 0 Å². The zero-order chi connectivity index (χ0) is 12.3. The first kappa shape index (κ1) is 12.1. The van der Waals surface area contributed by atoms with Crippen LogP contribution in [0, 0.1) is 12.7 Å². The van der Waals surface area contributed by atoms with E-state index in [4.69, 9.17) is 0 Å². The zero-order valence-electron chi connectivity index (χ0n) is 10.1. The van der Waals surface area contributed by atoms with E-state index >= 15 is 0 Å². The molecular formula is C14H16FNS. The number of thiophene rings is 1. The van der Waals surface area contributed by atoms with Crippen molar-refractivity contribution >= 4 is 17.0 Å². The Labute approximate surface area is 105 Å². The van der Waals surface area contributed by atoms with Crippen LogP contribution in [0.15, 0.2) is 30.3 Å². The second-order valence-corrected chi connectivity index (χ2v) is 5.35. The fourth-order valence-electron chi connectivity index (χ4n) is 1.73. The molecule has 1 nitrogen and oxygen atoms in total. The van der Waals surface area contributed by atoms with Crippen molar-refractivity contribution in [2.24, 2.45) is 0 Å². The highest BCUT2D eigenvalue weighted by Gasteiger charge is 2.00. The summed E-state index contributed by atoms with van der Waals surface area (Å²) < 4.78 is 13.2. The molecule has 0 atom stereocenters. The normalized spacial score (nSPS) is 10.5. The molecule has 0 bridgehead atoms. The van der Waals surface area contributed by atoms with E-state index in [2.05, 4.69) is 24.4 Å². The van der Waals surface area contributed by atoms with Gasteiger partial charge in [0.15, 0.2) is 0 Å². The lowest BCUT2D eigenvalue weighted by atomic mass is 10.2. The molecule has 0 aliphatic heterocycles. The minimum Gasteiger partial charge on any atom is -0.380 e. The smallest absolute Gasteiger partial charge is 0.125 e. The van der Waals surface area contributed by atoms with E-state index in [1.165, 1.54) is 21.9 Å². The van der Waals surface area contributed by atoms with E-state index in [-0.39, 0.29) is 5.82 Å². The Morgan fingerprint density at radius 2 is 1.94 bits per heavy atom. The van der Waals surface area contributed by atoms with Crippen molar-refractivity contribution in [3.05, 3.63) is 51.5 Å². The maximum atomic E-state index is 13.2. The van der Waals surface area contributed by atoms with Crippen LogP contribution in [0.2, 0.25) is 0 Å². The highest BCUT2D eigenvalue weighted by molar-refractivity contribution is 7.12. The van der Waals surface area contributed by atoms with Gasteiger partial charge in [-0.3, -0.25) is 0 Å². The summed E-state index contributed by atoms with van der Waals surface area (Å²) in [7, 11) is 0. The second-order valence-electron chi connectivity index (χ2n) is 4.09. The third-order valence-corrected chi connectivity index (χ3v) is 3.80. The molecule has 0 saturated heterocycles. The maximum absolute atomic E-state index is 13.2. The molecule has 1 aromatic heterocycles. The largest absolute Gasteiger partial charge is 0.380 e. The molecule has 0 amide bonds. The number of rotatable bonds is 4. The molecule has 0 spiro atoms. The van der Waals surface area contributed by atoms with Gasteiger partial charge in [-0.1, -0.05) is 6.92 Å². The molecule has 90 valence electrons. The molecule has 0 aliphatic rings. The van der Waals surface area contributed by atoms with Gasteiger partial charge in [0.05, 0.1) is 0 Å².